The molecule has 0 spiro atoms. The van der Waals surface area contributed by atoms with Crippen molar-refractivity contribution in [1.29, 1.82) is 0 Å². The molecule has 1 atom stereocenters. The van der Waals surface area contributed by atoms with Crippen molar-refractivity contribution in [3.63, 3.8) is 0 Å². The summed E-state index contributed by atoms with van der Waals surface area (Å²) in [5.41, 5.74) is 0.782. The van der Waals surface area contributed by atoms with Gasteiger partial charge in [-0.2, -0.15) is 0 Å². The Morgan fingerprint density at radius 1 is 1.27 bits per heavy atom. The first-order valence-electron chi connectivity index (χ1n) is 5.24. The Morgan fingerprint density at radius 2 is 2.20 bits per heavy atom. The van der Waals surface area contributed by atoms with E-state index in [1.165, 1.54) is 19.3 Å². The first-order valence-corrected chi connectivity index (χ1v) is 6.06. The second kappa shape index (κ2) is 3.83. The number of piperidine rings is 1. The topological polar surface area (TPSA) is 50.7 Å². The van der Waals surface area contributed by atoms with Gasteiger partial charge in [0.05, 0.1) is 6.04 Å². The van der Waals surface area contributed by atoms with Crippen LogP contribution in [-0.4, -0.2) is 21.5 Å². The lowest BCUT2D eigenvalue weighted by molar-refractivity contribution is 0.411. The molecule has 3 rings (SSSR count). The van der Waals surface area contributed by atoms with Crippen molar-refractivity contribution in [1.82, 2.24) is 20.3 Å². The van der Waals surface area contributed by atoms with Crippen molar-refractivity contribution in [2.24, 2.45) is 0 Å². The van der Waals surface area contributed by atoms with Gasteiger partial charge in [0.25, 0.3) is 0 Å². The first-order chi connectivity index (χ1) is 7.43. The van der Waals surface area contributed by atoms with Crippen molar-refractivity contribution < 1.29 is 0 Å². The smallest absolute Gasteiger partial charge is 0.189 e. The Balaban J connectivity index is 1.96. The van der Waals surface area contributed by atoms with Crippen LogP contribution in [0.2, 0.25) is 0 Å². The van der Waals surface area contributed by atoms with E-state index < -0.39 is 0 Å². The minimum Gasteiger partial charge on any atom is -0.308 e. The molecule has 4 nitrogen and oxygen atoms in total. The van der Waals surface area contributed by atoms with Crippen LogP contribution in [0.1, 0.15) is 30.3 Å². The fraction of sp³-hybridized carbons (Fsp3) is 0.500. The Kier molecular flexibility index (Phi) is 2.34. The van der Waals surface area contributed by atoms with Crippen LogP contribution >= 0.6 is 11.3 Å². The number of hydrogen-bond acceptors (Lipinski definition) is 5. The second-order valence-corrected chi connectivity index (χ2v) is 4.75. The molecule has 78 valence electrons. The van der Waals surface area contributed by atoms with Crippen molar-refractivity contribution >= 4 is 21.8 Å². The standard InChI is InChI=1S/C10H12N4S/c1-2-4-11-7(3-1)9-14-8-10(15-9)13-6-5-12-8/h5-7,11H,1-4H2. The number of hydrogen-bond donors (Lipinski definition) is 1. The summed E-state index contributed by atoms with van der Waals surface area (Å²) in [4.78, 5) is 13.9. The summed E-state index contributed by atoms with van der Waals surface area (Å²) in [6.07, 6.45) is 7.16. The molecular weight excluding hydrogens is 208 g/mol. The molecule has 2 aromatic heterocycles. The monoisotopic (exact) mass is 220 g/mol. The largest absolute Gasteiger partial charge is 0.308 e. The molecule has 0 bridgehead atoms. The Labute approximate surface area is 91.8 Å². The van der Waals surface area contributed by atoms with Gasteiger partial charge in [0, 0.05) is 12.4 Å². The van der Waals surface area contributed by atoms with E-state index in [-0.39, 0.29) is 0 Å². The van der Waals surface area contributed by atoms with E-state index in [1.54, 1.807) is 23.7 Å². The number of rotatable bonds is 1. The molecule has 0 radical (unpaired) electrons. The number of nitrogens with one attached hydrogen (secondary N) is 1. The summed E-state index contributed by atoms with van der Waals surface area (Å²) in [5, 5.41) is 4.62. The molecule has 1 aliphatic rings. The number of nitrogens with zero attached hydrogens (tertiary/aromatic N) is 3. The third-order valence-corrected chi connectivity index (χ3v) is 3.74. The molecule has 3 heterocycles. The summed E-state index contributed by atoms with van der Waals surface area (Å²) in [5.74, 6) is 0. The van der Waals surface area contributed by atoms with Gasteiger partial charge < -0.3 is 5.32 Å². The zero-order valence-electron chi connectivity index (χ0n) is 8.31. The van der Waals surface area contributed by atoms with E-state index in [0.717, 1.165) is 22.0 Å². The highest BCUT2D eigenvalue weighted by Gasteiger charge is 2.18. The van der Waals surface area contributed by atoms with Gasteiger partial charge in [0.1, 0.15) is 5.01 Å². The quantitative estimate of drug-likeness (QED) is 0.797. The maximum atomic E-state index is 4.52. The van der Waals surface area contributed by atoms with Crippen LogP contribution in [-0.2, 0) is 0 Å². The van der Waals surface area contributed by atoms with Crippen LogP contribution in [0.25, 0.3) is 10.5 Å². The van der Waals surface area contributed by atoms with Crippen LogP contribution in [0.5, 0.6) is 0 Å². The molecule has 0 aliphatic carbocycles. The first kappa shape index (κ1) is 9.18. The average Bonchev–Trinajstić information content (AvgIpc) is 2.74. The average molecular weight is 220 g/mol. The van der Waals surface area contributed by atoms with E-state index in [9.17, 15) is 0 Å². The van der Waals surface area contributed by atoms with Gasteiger partial charge in [0.15, 0.2) is 10.5 Å². The van der Waals surface area contributed by atoms with Gasteiger partial charge in [-0.3, -0.25) is 0 Å². The Hall–Kier alpha value is -1.07. The molecule has 1 aliphatic heterocycles. The summed E-state index contributed by atoms with van der Waals surface area (Å²) in [6.45, 7) is 1.10. The van der Waals surface area contributed by atoms with Crippen molar-refractivity contribution in [2.45, 2.75) is 25.3 Å². The predicted molar refractivity (Wildman–Crippen MR) is 59.8 cm³/mol. The maximum Gasteiger partial charge on any atom is 0.189 e. The molecule has 2 aromatic rings. The molecule has 15 heavy (non-hydrogen) atoms. The van der Waals surface area contributed by atoms with Crippen LogP contribution in [0.3, 0.4) is 0 Å². The van der Waals surface area contributed by atoms with Crippen LogP contribution in [0, 0.1) is 0 Å². The molecule has 5 heteroatoms. The Bertz CT molecular complexity index is 428. The number of aromatic nitrogens is 3. The van der Waals surface area contributed by atoms with Crippen LogP contribution in [0.4, 0.5) is 0 Å². The Morgan fingerprint density at radius 3 is 3.00 bits per heavy atom. The van der Waals surface area contributed by atoms with Crippen LogP contribution in [0.15, 0.2) is 12.4 Å². The highest BCUT2D eigenvalue weighted by atomic mass is 32.1. The predicted octanol–water partition coefficient (Wildman–Crippen LogP) is 1.90. The summed E-state index contributed by atoms with van der Waals surface area (Å²) in [6, 6.07) is 0.416. The minimum atomic E-state index is 0.416. The van der Waals surface area contributed by atoms with Crippen molar-refractivity contribution in [3.8, 4) is 0 Å². The zero-order valence-corrected chi connectivity index (χ0v) is 9.13. The van der Waals surface area contributed by atoms with Gasteiger partial charge >= 0.3 is 0 Å². The molecule has 0 saturated carbocycles. The normalized spacial score (nSPS) is 22.0. The summed E-state index contributed by atoms with van der Waals surface area (Å²) < 4.78 is 0. The van der Waals surface area contributed by atoms with E-state index >= 15 is 0 Å². The van der Waals surface area contributed by atoms with E-state index in [2.05, 4.69) is 20.3 Å². The fourth-order valence-electron chi connectivity index (χ4n) is 1.90. The van der Waals surface area contributed by atoms with Gasteiger partial charge in [-0.15, -0.1) is 0 Å². The summed E-state index contributed by atoms with van der Waals surface area (Å²) >= 11 is 1.66. The molecule has 1 saturated heterocycles. The van der Waals surface area contributed by atoms with Gasteiger partial charge in [-0.05, 0) is 19.4 Å². The molecule has 1 unspecified atom stereocenters. The second-order valence-electron chi connectivity index (χ2n) is 3.74. The lowest BCUT2D eigenvalue weighted by atomic mass is 10.1. The van der Waals surface area contributed by atoms with Gasteiger partial charge in [-0.1, -0.05) is 17.8 Å². The van der Waals surface area contributed by atoms with E-state index in [4.69, 9.17) is 0 Å². The van der Waals surface area contributed by atoms with E-state index in [1.807, 2.05) is 0 Å². The van der Waals surface area contributed by atoms with E-state index in [0.29, 0.717) is 6.04 Å². The zero-order chi connectivity index (χ0) is 10.1. The highest BCUT2D eigenvalue weighted by Crippen LogP contribution is 2.28. The highest BCUT2D eigenvalue weighted by molar-refractivity contribution is 7.18. The maximum absolute atomic E-state index is 4.52. The van der Waals surface area contributed by atoms with Gasteiger partial charge in [0.2, 0.25) is 0 Å². The van der Waals surface area contributed by atoms with Crippen molar-refractivity contribution in [2.75, 3.05) is 6.54 Å². The third kappa shape index (κ3) is 1.72. The fourth-order valence-corrected chi connectivity index (χ4v) is 2.88. The molecular formula is C10H12N4S. The SMILES string of the molecule is c1cnc2sc(C3CCCCN3)nc2n1. The molecule has 0 aromatic carbocycles. The van der Waals surface area contributed by atoms with Crippen molar-refractivity contribution in [3.05, 3.63) is 17.4 Å². The van der Waals surface area contributed by atoms with Gasteiger partial charge in [-0.25, -0.2) is 15.0 Å². The summed E-state index contributed by atoms with van der Waals surface area (Å²) in [7, 11) is 0. The minimum absolute atomic E-state index is 0.416. The number of thiazole rings is 1. The molecule has 1 N–H and O–H groups in total. The molecule has 0 amide bonds. The number of fused-ring (bicyclic) bond motifs is 1. The molecule has 1 fully saturated rings. The lowest BCUT2D eigenvalue weighted by Crippen LogP contribution is -2.26. The van der Waals surface area contributed by atoms with Crippen LogP contribution < -0.4 is 5.32 Å². The lowest BCUT2D eigenvalue weighted by Gasteiger charge is -2.20. The third-order valence-electron chi connectivity index (χ3n) is 2.67.